The predicted octanol–water partition coefficient (Wildman–Crippen LogP) is 11.4. The molecule has 0 rings (SSSR count). The van der Waals surface area contributed by atoms with Crippen molar-refractivity contribution in [2.24, 2.45) is 35.5 Å². The maximum Gasteiger partial charge on any atom is 0.129 e. The van der Waals surface area contributed by atoms with Crippen LogP contribution in [0.4, 0.5) is 0 Å². The van der Waals surface area contributed by atoms with Crippen molar-refractivity contribution in [1.82, 2.24) is 0 Å². The zero-order valence-corrected chi connectivity index (χ0v) is 25.1. The van der Waals surface area contributed by atoms with Crippen molar-refractivity contribution in [2.75, 3.05) is 0 Å². The van der Waals surface area contributed by atoms with Crippen LogP contribution in [0, 0.1) is 35.5 Å². The van der Waals surface area contributed by atoms with Crippen LogP contribution in [-0.4, -0.2) is 5.78 Å². The van der Waals surface area contributed by atoms with Gasteiger partial charge in [-0.15, -0.1) is 0 Å². The highest BCUT2D eigenvalue weighted by atomic mass is 16.1. The molecule has 1 heteroatoms. The van der Waals surface area contributed by atoms with Crippen LogP contribution in [-0.2, 0) is 4.79 Å². The molecule has 204 valence electrons. The number of hydrogen-bond donors (Lipinski definition) is 0. The van der Waals surface area contributed by atoms with Gasteiger partial charge >= 0.3 is 0 Å². The first-order chi connectivity index (χ1) is 16.1. The molecule has 0 radical (unpaired) electrons. The third-order valence-electron chi connectivity index (χ3n) is 8.28. The third kappa shape index (κ3) is 23.4. The SMILES string of the molecule is CC(=O)CCCC(C)CCCC(C)CCCC(C)CCCC(C)CCCC(C)CCCC(C)C. The third-order valence-corrected chi connectivity index (χ3v) is 8.28. The summed E-state index contributed by atoms with van der Waals surface area (Å²) in [6.45, 7) is 18.7. The minimum absolute atomic E-state index is 0.345. The number of ketones is 1. The van der Waals surface area contributed by atoms with Crippen molar-refractivity contribution in [3.8, 4) is 0 Å². The van der Waals surface area contributed by atoms with E-state index in [2.05, 4.69) is 48.5 Å². The highest BCUT2D eigenvalue weighted by molar-refractivity contribution is 5.75. The molecule has 0 saturated carbocycles. The van der Waals surface area contributed by atoms with Gasteiger partial charge in [-0.05, 0) is 48.9 Å². The molecular formula is C33H66O. The summed E-state index contributed by atoms with van der Waals surface area (Å²) in [5, 5.41) is 0. The Morgan fingerprint density at radius 3 is 0.882 bits per heavy atom. The number of hydrogen-bond acceptors (Lipinski definition) is 1. The van der Waals surface area contributed by atoms with Crippen molar-refractivity contribution in [3.63, 3.8) is 0 Å². The van der Waals surface area contributed by atoms with Gasteiger partial charge in [0.1, 0.15) is 5.78 Å². The number of carbonyl (C=O) groups excluding carboxylic acids is 1. The van der Waals surface area contributed by atoms with Crippen LogP contribution in [0.1, 0.15) is 171 Å². The number of carbonyl (C=O) groups is 1. The average molecular weight is 479 g/mol. The fourth-order valence-corrected chi connectivity index (χ4v) is 5.55. The van der Waals surface area contributed by atoms with Gasteiger partial charge in [-0.1, -0.05) is 151 Å². The molecule has 0 spiro atoms. The molecule has 0 aromatic heterocycles. The van der Waals surface area contributed by atoms with Crippen molar-refractivity contribution in [1.29, 1.82) is 0 Å². The van der Waals surface area contributed by atoms with E-state index in [0.717, 1.165) is 48.3 Å². The van der Waals surface area contributed by atoms with E-state index >= 15 is 0 Å². The molecule has 0 fully saturated rings. The van der Waals surface area contributed by atoms with Gasteiger partial charge in [-0.3, -0.25) is 0 Å². The molecule has 0 aromatic rings. The van der Waals surface area contributed by atoms with E-state index < -0.39 is 0 Å². The summed E-state index contributed by atoms with van der Waals surface area (Å²) in [5.74, 6) is 5.62. The lowest BCUT2D eigenvalue weighted by molar-refractivity contribution is -0.117. The fourth-order valence-electron chi connectivity index (χ4n) is 5.55. The topological polar surface area (TPSA) is 17.1 Å². The highest BCUT2D eigenvalue weighted by Crippen LogP contribution is 2.25. The maximum atomic E-state index is 11.1. The summed E-state index contributed by atoms with van der Waals surface area (Å²) in [6.07, 6.45) is 24.3. The Labute approximate surface area is 217 Å². The van der Waals surface area contributed by atoms with E-state index in [1.54, 1.807) is 6.92 Å². The molecule has 0 heterocycles. The molecule has 0 saturated heterocycles. The summed E-state index contributed by atoms with van der Waals surface area (Å²) in [5.41, 5.74) is 0. The standard InChI is InChI=1S/C33H66O/c1-27(2)15-9-16-28(3)17-10-18-29(4)19-11-20-30(5)21-12-22-31(6)23-13-24-32(7)25-14-26-33(8)34/h27-32H,9-26H2,1-8H3. The number of Topliss-reactive ketones (excluding diaryl/α,β-unsaturated/α-hetero) is 1. The molecule has 0 bridgehead atoms. The Kier molecular flexibility index (Phi) is 21.7. The Morgan fingerprint density at radius 1 is 0.412 bits per heavy atom. The van der Waals surface area contributed by atoms with Crippen LogP contribution in [0.15, 0.2) is 0 Å². The molecule has 0 aliphatic heterocycles. The number of rotatable bonds is 24. The quantitative estimate of drug-likeness (QED) is 0.135. The minimum atomic E-state index is 0.345. The Balaban J connectivity index is 3.62. The van der Waals surface area contributed by atoms with Gasteiger partial charge in [-0.2, -0.15) is 0 Å². The second-order valence-electron chi connectivity index (χ2n) is 13.2. The Bertz CT molecular complexity index is 453. The summed E-state index contributed by atoms with van der Waals surface area (Å²) in [6, 6.07) is 0. The second kappa shape index (κ2) is 21.9. The van der Waals surface area contributed by atoms with Crippen LogP contribution in [0.25, 0.3) is 0 Å². The molecule has 5 unspecified atom stereocenters. The van der Waals surface area contributed by atoms with Crippen molar-refractivity contribution >= 4 is 5.78 Å². The zero-order chi connectivity index (χ0) is 25.8. The van der Waals surface area contributed by atoms with Crippen molar-refractivity contribution < 1.29 is 4.79 Å². The maximum absolute atomic E-state index is 11.1. The van der Waals surface area contributed by atoms with E-state index in [0.29, 0.717) is 5.78 Å². The monoisotopic (exact) mass is 479 g/mol. The summed E-state index contributed by atoms with van der Waals surface area (Å²) >= 11 is 0. The van der Waals surface area contributed by atoms with Gasteiger partial charge in [0, 0.05) is 6.42 Å². The van der Waals surface area contributed by atoms with Gasteiger partial charge in [0.15, 0.2) is 0 Å². The zero-order valence-electron chi connectivity index (χ0n) is 25.1. The second-order valence-corrected chi connectivity index (χ2v) is 13.2. The fraction of sp³-hybridized carbons (Fsp3) is 0.970. The molecule has 1 nitrogen and oxygen atoms in total. The van der Waals surface area contributed by atoms with Gasteiger partial charge in [0.25, 0.3) is 0 Å². The van der Waals surface area contributed by atoms with E-state index in [1.165, 1.54) is 103 Å². The lowest BCUT2D eigenvalue weighted by Crippen LogP contribution is -2.03. The van der Waals surface area contributed by atoms with E-state index in [1.807, 2.05) is 0 Å². The van der Waals surface area contributed by atoms with Crippen LogP contribution < -0.4 is 0 Å². The van der Waals surface area contributed by atoms with Gasteiger partial charge in [0.05, 0.1) is 0 Å². The average Bonchev–Trinajstić information content (AvgIpc) is 2.73. The normalized spacial score (nSPS) is 16.4. The van der Waals surface area contributed by atoms with Crippen LogP contribution in [0.3, 0.4) is 0 Å². The lowest BCUT2D eigenvalue weighted by Gasteiger charge is -2.17. The molecule has 0 aliphatic carbocycles. The first-order valence-electron chi connectivity index (χ1n) is 15.6. The Hall–Kier alpha value is -0.330. The van der Waals surface area contributed by atoms with Crippen molar-refractivity contribution in [2.45, 2.75) is 171 Å². The summed E-state index contributed by atoms with van der Waals surface area (Å²) in [7, 11) is 0. The Morgan fingerprint density at radius 2 is 0.647 bits per heavy atom. The van der Waals surface area contributed by atoms with Crippen LogP contribution >= 0.6 is 0 Å². The van der Waals surface area contributed by atoms with Gasteiger partial charge < -0.3 is 4.79 Å². The highest BCUT2D eigenvalue weighted by Gasteiger charge is 2.10. The van der Waals surface area contributed by atoms with E-state index in [-0.39, 0.29) is 0 Å². The first-order valence-corrected chi connectivity index (χ1v) is 15.6. The molecular weight excluding hydrogens is 412 g/mol. The molecule has 0 aliphatic rings. The first kappa shape index (κ1) is 33.7. The van der Waals surface area contributed by atoms with Crippen LogP contribution in [0.5, 0.6) is 0 Å². The molecule has 5 atom stereocenters. The summed E-state index contributed by atoms with van der Waals surface area (Å²) in [4.78, 5) is 11.1. The smallest absolute Gasteiger partial charge is 0.129 e. The largest absolute Gasteiger partial charge is 0.300 e. The van der Waals surface area contributed by atoms with Gasteiger partial charge in [0.2, 0.25) is 0 Å². The minimum Gasteiger partial charge on any atom is -0.300 e. The van der Waals surface area contributed by atoms with Crippen molar-refractivity contribution in [3.05, 3.63) is 0 Å². The molecule has 0 aromatic carbocycles. The predicted molar refractivity (Wildman–Crippen MR) is 154 cm³/mol. The summed E-state index contributed by atoms with van der Waals surface area (Å²) < 4.78 is 0. The van der Waals surface area contributed by atoms with Crippen LogP contribution in [0.2, 0.25) is 0 Å². The molecule has 0 N–H and O–H groups in total. The van der Waals surface area contributed by atoms with E-state index in [9.17, 15) is 4.79 Å². The lowest BCUT2D eigenvalue weighted by atomic mass is 9.89. The van der Waals surface area contributed by atoms with E-state index in [4.69, 9.17) is 0 Å². The molecule has 0 amide bonds. The molecule has 34 heavy (non-hydrogen) atoms. The van der Waals surface area contributed by atoms with Gasteiger partial charge in [-0.25, -0.2) is 0 Å².